The largest absolute Gasteiger partial charge is 0.502 e. The number of hydrogen-bond donors (Lipinski definition) is 2. The van der Waals surface area contributed by atoms with Gasteiger partial charge in [-0.3, -0.25) is 4.79 Å². The van der Waals surface area contributed by atoms with Crippen molar-refractivity contribution in [2.45, 2.75) is 13.3 Å². The second-order valence-electron chi connectivity index (χ2n) is 5.08. The van der Waals surface area contributed by atoms with E-state index in [2.05, 4.69) is 4.98 Å². The Morgan fingerprint density at radius 1 is 1.23 bits per heavy atom. The van der Waals surface area contributed by atoms with Crippen LogP contribution >= 0.6 is 0 Å². The van der Waals surface area contributed by atoms with Crippen molar-refractivity contribution < 1.29 is 14.6 Å². The summed E-state index contributed by atoms with van der Waals surface area (Å²) in [5, 5.41) is 10.7. The average Bonchev–Trinajstić information content (AvgIpc) is 2.54. The summed E-state index contributed by atoms with van der Waals surface area (Å²) in [6.45, 7) is 2.69. The molecule has 1 aliphatic heterocycles. The van der Waals surface area contributed by atoms with Crippen LogP contribution in [0.25, 0.3) is 22.2 Å². The van der Waals surface area contributed by atoms with E-state index in [9.17, 15) is 9.90 Å². The molecular weight excluding hydrogens is 282 g/mol. The number of phenols is 1. The van der Waals surface area contributed by atoms with Crippen LogP contribution < -0.4 is 14.9 Å². The average molecular weight is 299 g/mol. The first-order valence-electron chi connectivity index (χ1n) is 7.13. The molecule has 1 aromatic carbocycles. The number of nitrogens with one attached hydrogen (secondary N) is 1. The number of aromatic nitrogens is 1. The van der Waals surface area contributed by atoms with Crippen molar-refractivity contribution in [1.29, 1.82) is 0 Å². The lowest BCUT2D eigenvalue weighted by Crippen LogP contribution is -2.08. The van der Waals surface area contributed by atoms with E-state index in [4.69, 9.17) is 9.47 Å². The van der Waals surface area contributed by atoms with Crippen molar-refractivity contribution in [3.8, 4) is 28.5 Å². The smallest absolute Gasteiger partial charge is 0.233 e. The fourth-order valence-corrected chi connectivity index (χ4v) is 2.43. The van der Waals surface area contributed by atoms with Crippen LogP contribution in [0.3, 0.4) is 0 Å². The summed E-state index contributed by atoms with van der Waals surface area (Å²) in [4.78, 5) is 15.4. The zero-order valence-electron chi connectivity index (χ0n) is 12.5. The number of rotatable bonds is 4. The highest BCUT2D eigenvalue weighted by atomic mass is 16.5. The van der Waals surface area contributed by atoms with Crippen molar-refractivity contribution in [3.05, 3.63) is 40.6 Å². The fourth-order valence-electron chi connectivity index (χ4n) is 2.43. The number of aromatic amines is 1. The predicted molar refractivity (Wildman–Crippen MR) is 85.2 cm³/mol. The Balaban J connectivity index is 2.21. The standard InChI is InChI=1S/C17H17NO4/c1-3-6-22-11-4-5-13-10(7-11)8-12-14(18-13)9-15(21-2)17(20)16(12)19/h4-5,7-9,18,20H,3,6H2,1-2H3. The van der Waals surface area contributed by atoms with Crippen molar-refractivity contribution in [2.75, 3.05) is 13.7 Å². The zero-order valence-corrected chi connectivity index (χ0v) is 12.5. The van der Waals surface area contributed by atoms with Crippen molar-refractivity contribution in [2.24, 2.45) is 0 Å². The normalized spacial score (nSPS) is 11.0. The summed E-state index contributed by atoms with van der Waals surface area (Å²) in [6.07, 6.45) is 0.931. The van der Waals surface area contributed by atoms with E-state index < -0.39 is 5.43 Å². The Labute approximate surface area is 127 Å². The molecule has 0 saturated carbocycles. The molecule has 0 fully saturated rings. The highest BCUT2D eigenvalue weighted by Gasteiger charge is 2.17. The van der Waals surface area contributed by atoms with Gasteiger partial charge in [0.05, 0.1) is 25.0 Å². The number of hydrogen-bond acceptors (Lipinski definition) is 4. The van der Waals surface area contributed by atoms with Gasteiger partial charge >= 0.3 is 0 Å². The molecule has 0 atom stereocenters. The molecule has 3 rings (SSSR count). The maximum Gasteiger partial charge on any atom is 0.233 e. The molecule has 5 nitrogen and oxygen atoms in total. The third-order valence-corrected chi connectivity index (χ3v) is 3.54. The fraction of sp³-hybridized carbons (Fsp3) is 0.235. The van der Waals surface area contributed by atoms with Gasteiger partial charge in [-0.05, 0) is 30.7 Å². The second kappa shape index (κ2) is 5.60. The number of aromatic hydroxyl groups is 1. The topological polar surface area (TPSA) is 71.6 Å². The minimum Gasteiger partial charge on any atom is -0.502 e. The minimum atomic E-state index is -0.452. The number of methoxy groups -OCH3 is 1. The SMILES string of the molecule is CCCOc1ccc2[nH]c3cc(OC)c(O)c(=O)c-3cc2c1. The van der Waals surface area contributed by atoms with Gasteiger partial charge in [0.1, 0.15) is 5.75 Å². The third kappa shape index (κ3) is 2.35. The van der Waals surface area contributed by atoms with Gasteiger partial charge in [0.2, 0.25) is 11.2 Å². The van der Waals surface area contributed by atoms with Crippen molar-refractivity contribution >= 4 is 10.9 Å². The first-order chi connectivity index (χ1) is 10.6. The summed E-state index contributed by atoms with van der Waals surface area (Å²) in [5.41, 5.74) is 1.46. The Bertz CT molecular complexity index is 853. The van der Waals surface area contributed by atoms with E-state index >= 15 is 0 Å². The monoisotopic (exact) mass is 299 g/mol. The molecule has 0 amide bonds. The van der Waals surface area contributed by atoms with Crippen LogP contribution in [-0.4, -0.2) is 23.8 Å². The summed E-state index contributed by atoms with van der Waals surface area (Å²) in [6, 6.07) is 9.04. The second-order valence-corrected chi connectivity index (χ2v) is 5.08. The van der Waals surface area contributed by atoms with Gasteiger partial charge in [-0.25, -0.2) is 0 Å². The maximum absolute atomic E-state index is 12.2. The van der Waals surface area contributed by atoms with Gasteiger partial charge in [-0.2, -0.15) is 0 Å². The Kier molecular flexibility index (Phi) is 3.63. The van der Waals surface area contributed by atoms with Crippen molar-refractivity contribution in [1.82, 2.24) is 4.98 Å². The molecule has 22 heavy (non-hydrogen) atoms. The summed E-state index contributed by atoms with van der Waals surface area (Å²) in [7, 11) is 1.42. The maximum atomic E-state index is 12.2. The summed E-state index contributed by atoms with van der Waals surface area (Å²) >= 11 is 0. The number of phenolic OH excluding ortho intramolecular Hbond substituents is 1. The zero-order chi connectivity index (χ0) is 15.7. The Morgan fingerprint density at radius 3 is 2.77 bits per heavy atom. The van der Waals surface area contributed by atoms with Gasteiger partial charge in [0.15, 0.2) is 5.75 Å². The van der Waals surface area contributed by atoms with Crippen LogP contribution in [0.1, 0.15) is 13.3 Å². The molecular formula is C17H17NO4. The van der Waals surface area contributed by atoms with E-state index in [0.717, 1.165) is 23.1 Å². The quantitative estimate of drug-likeness (QED) is 0.726. The molecule has 114 valence electrons. The molecule has 1 heterocycles. The molecule has 0 bridgehead atoms. The molecule has 1 aliphatic carbocycles. The molecule has 0 aromatic heterocycles. The lowest BCUT2D eigenvalue weighted by molar-refractivity contribution is 0.318. The van der Waals surface area contributed by atoms with Gasteiger partial charge in [0.25, 0.3) is 0 Å². The third-order valence-electron chi connectivity index (χ3n) is 3.54. The molecule has 2 N–H and O–H groups in total. The van der Waals surface area contributed by atoms with E-state index in [1.807, 2.05) is 25.1 Å². The number of pyridine rings is 1. The summed E-state index contributed by atoms with van der Waals surface area (Å²) in [5.74, 6) is 0.546. The number of H-pyrrole nitrogens is 1. The first-order valence-corrected chi connectivity index (χ1v) is 7.13. The number of fused-ring (bicyclic) bond motifs is 2. The molecule has 1 aromatic rings. The minimum absolute atomic E-state index is 0.163. The number of ether oxygens (including phenoxy) is 2. The summed E-state index contributed by atoms with van der Waals surface area (Å²) < 4.78 is 10.6. The van der Waals surface area contributed by atoms with E-state index in [0.29, 0.717) is 17.9 Å². The molecule has 0 spiro atoms. The van der Waals surface area contributed by atoms with Crippen LogP contribution in [0.5, 0.6) is 17.2 Å². The van der Waals surface area contributed by atoms with E-state index in [-0.39, 0.29) is 11.5 Å². The predicted octanol–water partition coefficient (Wildman–Crippen LogP) is 3.14. The van der Waals surface area contributed by atoms with Gasteiger partial charge in [-0.15, -0.1) is 0 Å². The van der Waals surface area contributed by atoms with Crippen LogP contribution in [-0.2, 0) is 0 Å². The molecule has 0 unspecified atom stereocenters. The van der Waals surface area contributed by atoms with Crippen LogP contribution in [0.2, 0.25) is 0 Å². The molecule has 0 saturated heterocycles. The van der Waals surface area contributed by atoms with E-state index in [1.54, 1.807) is 12.1 Å². The molecule has 5 heteroatoms. The van der Waals surface area contributed by atoms with Crippen LogP contribution in [0.15, 0.2) is 35.1 Å². The highest BCUT2D eigenvalue weighted by molar-refractivity contribution is 5.87. The lowest BCUT2D eigenvalue weighted by atomic mass is 10.0. The van der Waals surface area contributed by atoms with E-state index in [1.165, 1.54) is 7.11 Å². The number of benzene rings is 2. The Hall–Kier alpha value is -2.69. The highest BCUT2D eigenvalue weighted by Crippen LogP contribution is 2.32. The van der Waals surface area contributed by atoms with Crippen LogP contribution in [0.4, 0.5) is 0 Å². The Morgan fingerprint density at radius 2 is 2.05 bits per heavy atom. The van der Waals surface area contributed by atoms with Crippen LogP contribution in [0, 0.1) is 0 Å². The molecule has 0 radical (unpaired) electrons. The molecule has 2 aliphatic rings. The van der Waals surface area contributed by atoms with Gasteiger partial charge < -0.3 is 19.6 Å². The van der Waals surface area contributed by atoms with Crippen molar-refractivity contribution in [3.63, 3.8) is 0 Å². The lowest BCUT2D eigenvalue weighted by Gasteiger charge is -2.12. The van der Waals surface area contributed by atoms with Gasteiger partial charge in [-0.1, -0.05) is 6.92 Å². The van der Waals surface area contributed by atoms with Gasteiger partial charge in [0, 0.05) is 17.0 Å². The first kappa shape index (κ1) is 14.3.